The fraction of sp³-hybridized carbons (Fsp3) is 0.250. The number of hydrogen-bond acceptors (Lipinski definition) is 3. The monoisotopic (exact) mass is 221 g/mol. The second kappa shape index (κ2) is 3.63. The van der Waals surface area contributed by atoms with Crippen molar-refractivity contribution in [3.63, 3.8) is 0 Å². The van der Waals surface area contributed by atoms with Crippen LogP contribution in [0.1, 0.15) is 25.3 Å². The predicted molar refractivity (Wildman–Crippen MR) is 60.1 cm³/mol. The summed E-state index contributed by atoms with van der Waals surface area (Å²) in [6, 6.07) is 4.23. The van der Waals surface area contributed by atoms with Gasteiger partial charge >= 0.3 is 0 Å². The van der Waals surface area contributed by atoms with E-state index in [0.717, 1.165) is 0 Å². The number of nitrogens with two attached hydrogens (primary N) is 1. The van der Waals surface area contributed by atoms with E-state index in [0.29, 0.717) is 5.56 Å². The van der Waals surface area contributed by atoms with Crippen LogP contribution in [-0.2, 0) is 0 Å². The summed E-state index contributed by atoms with van der Waals surface area (Å²) in [6.45, 7) is 3.63. The van der Waals surface area contributed by atoms with Crippen molar-refractivity contribution in [2.45, 2.75) is 19.8 Å². The minimum atomic E-state index is -0.503. The zero-order chi connectivity index (χ0) is 11.9. The molecule has 2 N–H and O–H groups in total. The van der Waals surface area contributed by atoms with E-state index in [1.165, 1.54) is 18.2 Å². The van der Waals surface area contributed by atoms with E-state index in [4.69, 9.17) is 10.2 Å². The third-order valence-electron chi connectivity index (χ3n) is 2.51. The molecule has 0 saturated carbocycles. The molecule has 0 atom stereocenters. The minimum absolute atomic E-state index is 0.0591. The van der Waals surface area contributed by atoms with Crippen LogP contribution in [0.15, 0.2) is 27.4 Å². The molecule has 1 heterocycles. The fourth-order valence-corrected chi connectivity index (χ4v) is 1.64. The number of fused-ring (bicyclic) bond motifs is 1. The van der Waals surface area contributed by atoms with Crippen molar-refractivity contribution in [3.8, 4) is 11.3 Å². The summed E-state index contributed by atoms with van der Waals surface area (Å²) in [5.41, 5.74) is 5.76. The summed E-state index contributed by atoms with van der Waals surface area (Å²) in [4.78, 5) is 11.7. The van der Waals surface area contributed by atoms with Crippen molar-refractivity contribution in [2.75, 3.05) is 5.73 Å². The number of rotatable bonds is 1. The number of halogens is 1. The van der Waals surface area contributed by atoms with Gasteiger partial charge in [0.15, 0.2) is 22.9 Å². The van der Waals surface area contributed by atoms with Crippen LogP contribution in [0.25, 0.3) is 11.3 Å². The normalized spacial score (nSPS) is 11.2. The molecule has 0 unspecified atom stereocenters. The lowest BCUT2D eigenvalue weighted by molar-refractivity contribution is 0.514. The van der Waals surface area contributed by atoms with Gasteiger partial charge in [0.05, 0.1) is 5.56 Å². The Kier molecular flexibility index (Phi) is 2.42. The van der Waals surface area contributed by atoms with Crippen LogP contribution < -0.4 is 11.2 Å². The first-order valence-corrected chi connectivity index (χ1v) is 5.02. The van der Waals surface area contributed by atoms with Gasteiger partial charge in [-0.15, -0.1) is 0 Å². The summed E-state index contributed by atoms with van der Waals surface area (Å²) in [5.74, 6) is -0.548. The molecule has 0 aromatic rings. The molecule has 1 aliphatic heterocycles. The minimum Gasteiger partial charge on any atom is -0.438 e. The zero-order valence-electron chi connectivity index (χ0n) is 9.08. The molecular weight excluding hydrogens is 209 g/mol. The fourth-order valence-electron chi connectivity index (χ4n) is 1.64. The van der Waals surface area contributed by atoms with E-state index >= 15 is 0 Å². The highest BCUT2D eigenvalue weighted by atomic mass is 19.1. The van der Waals surface area contributed by atoms with E-state index in [-0.39, 0.29) is 28.6 Å². The van der Waals surface area contributed by atoms with E-state index in [9.17, 15) is 9.18 Å². The Balaban J connectivity index is 2.86. The van der Waals surface area contributed by atoms with Crippen LogP contribution in [0.5, 0.6) is 0 Å². The van der Waals surface area contributed by atoms with Crippen molar-refractivity contribution >= 4 is 5.88 Å². The second-order valence-corrected chi connectivity index (χ2v) is 4.01. The molecule has 16 heavy (non-hydrogen) atoms. The molecule has 2 aliphatic rings. The number of nitrogen functional groups attached to an aromatic ring is 1. The molecule has 0 aromatic carbocycles. The van der Waals surface area contributed by atoms with Crippen LogP contribution in [0.3, 0.4) is 0 Å². The van der Waals surface area contributed by atoms with Crippen LogP contribution in [0.4, 0.5) is 10.3 Å². The van der Waals surface area contributed by atoms with Crippen molar-refractivity contribution in [1.82, 2.24) is 0 Å². The van der Waals surface area contributed by atoms with Crippen LogP contribution >= 0.6 is 0 Å². The average molecular weight is 221 g/mol. The Labute approximate surface area is 92.0 Å². The van der Waals surface area contributed by atoms with Crippen LogP contribution in [-0.4, -0.2) is 0 Å². The predicted octanol–water partition coefficient (Wildman–Crippen LogP) is 2.59. The Hall–Kier alpha value is -1.84. The number of benzene rings is 1. The van der Waals surface area contributed by atoms with Gasteiger partial charge in [-0.25, -0.2) is 4.39 Å². The largest absolute Gasteiger partial charge is 0.438 e. The number of anilines is 1. The third-order valence-corrected chi connectivity index (χ3v) is 2.51. The quantitative estimate of drug-likeness (QED) is 0.805. The van der Waals surface area contributed by atoms with Crippen molar-refractivity contribution in [3.05, 3.63) is 39.8 Å². The molecular formula is C12H12FNO2. The highest BCUT2D eigenvalue weighted by molar-refractivity contribution is 5.62. The lowest BCUT2D eigenvalue weighted by atomic mass is 9.98. The maximum absolute atomic E-state index is 14.0. The van der Waals surface area contributed by atoms with E-state index < -0.39 is 5.82 Å². The van der Waals surface area contributed by atoms with Crippen LogP contribution in [0.2, 0.25) is 0 Å². The molecule has 1 aliphatic carbocycles. The standard InChI is InChI=1S/C12H12FNO2/c1-6(2)8-5-9(15)7-3-4-10(14)16-12(7)11(8)13/h3-6H,14H2,1-2H3. The summed E-state index contributed by atoms with van der Waals surface area (Å²) in [6.07, 6.45) is 0. The first kappa shape index (κ1) is 10.7. The van der Waals surface area contributed by atoms with Crippen molar-refractivity contribution in [1.29, 1.82) is 0 Å². The molecule has 3 nitrogen and oxygen atoms in total. The van der Waals surface area contributed by atoms with E-state index in [2.05, 4.69) is 0 Å². The lowest BCUT2D eigenvalue weighted by Crippen LogP contribution is -2.11. The second-order valence-electron chi connectivity index (χ2n) is 4.01. The van der Waals surface area contributed by atoms with Crippen molar-refractivity contribution in [2.24, 2.45) is 0 Å². The summed E-state index contributed by atoms with van der Waals surface area (Å²) in [7, 11) is 0. The topological polar surface area (TPSA) is 56.2 Å². The maximum Gasteiger partial charge on any atom is 0.191 e. The van der Waals surface area contributed by atoms with E-state index in [1.54, 1.807) is 0 Å². The first-order valence-electron chi connectivity index (χ1n) is 5.02. The lowest BCUT2D eigenvalue weighted by Gasteiger charge is -2.11. The Morgan fingerprint density at radius 1 is 1.38 bits per heavy atom. The maximum atomic E-state index is 14.0. The van der Waals surface area contributed by atoms with Crippen LogP contribution in [0, 0.1) is 5.82 Å². The molecule has 4 heteroatoms. The van der Waals surface area contributed by atoms with Gasteiger partial charge in [0, 0.05) is 0 Å². The highest BCUT2D eigenvalue weighted by Gasteiger charge is 2.20. The van der Waals surface area contributed by atoms with Gasteiger partial charge < -0.3 is 10.2 Å². The SMILES string of the molecule is CC(C)c1cc(=O)c2ccc(N)oc-2c1F. The molecule has 84 valence electrons. The number of hydrogen-bond donors (Lipinski definition) is 1. The zero-order valence-corrected chi connectivity index (χ0v) is 9.08. The third kappa shape index (κ3) is 1.56. The molecule has 0 amide bonds. The van der Waals surface area contributed by atoms with Gasteiger partial charge in [-0.3, -0.25) is 4.79 Å². The molecule has 0 radical (unpaired) electrons. The molecule has 0 aromatic heterocycles. The van der Waals surface area contributed by atoms with Crippen molar-refractivity contribution < 1.29 is 8.81 Å². The summed E-state index contributed by atoms with van der Waals surface area (Å²) in [5, 5.41) is 0. The molecule has 2 rings (SSSR count). The van der Waals surface area contributed by atoms with Gasteiger partial charge in [0.1, 0.15) is 0 Å². The average Bonchev–Trinajstić information content (AvgIpc) is 2.22. The molecule has 0 fully saturated rings. The van der Waals surface area contributed by atoms with Gasteiger partial charge in [-0.2, -0.15) is 0 Å². The summed E-state index contributed by atoms with van der Waals surface area (Å²) < 4.78 is 19.1. The Morgan fingerprint density at radius 2 is 2.06 bits per heavy atom. The Morgan fingerprint density at radius 3 is 2.69 bits per heavy atom. The molecule has 0 saturated heterocycles. The van der Waals surface area contributed by atoms with Gasteiger partial charge in [0.2, 0.25) is 0 Å². The highest BCUT2D eigenvalue weighted by Crippen LogP contribution is 2.29. The van der Waals surface area contributed by atoms with Gasteiger partial charge in [-0.05, 0) is 29.7 Å². The summed E-state index contributed by atoms with van der Waals surface area (Å²) >= 11 is 0. The smallest absolute Gasteiger partial charge is 0.191 e. The van der Waals surface area contributed by atoms with Gasteiger partial charge in [0.25, 0.3) is 0 Å². The van der Waals surface area contributed by atoms with Gasteiger partial charge in [-0.1, -0.05) is 13.8 Å². The van der Waals surface area contributed by atoms with E-state index in [1.807, 2.05) is 13.8 Å². The molecule has 0 bridgehead atoms. The first-order chi connectivity index (χ1) is 7.50. The molecule has 0 spiro atoms. The Bertz CT molecular complexity index is 560.